The second kappa shape index (κ2) is 6.72. The Labute approximate surface area is 113 Å². The first-order valence-corrected chi connectivity index (χ1v) is 6.84. The highest BCUT2D eigenvalue weighted by Gasteiger charge is 2.21. The Kier molecular flexibility index (Phi) is 4.98. The molecule has 2 aliphatic heterocycles. The topological polar surface area (TPSA) is 76.1 Å². The van der Waals surface area contributed by atoms with Crippen LogP contribution in [-0.4, -0.2) is 90.7 Å². The average molecular weight is 270 g/mol. The molecule has 7 heteroatoms. The number of aliphatic carboxylic acids is 1. The maximum atomic E-state index is 11.4. The first-order chi connectivity index (χ1) is 9.15. The first-order valence-electron chi connectivity index (χ1n) is 6.84. The molecule has 0 saturated carbocycles. The Morgan fingerprint density at radius 1 is 1.05 bits per heavy atom. The van der Waals surface area contributed by atoms with Crippen molar-refractivity contribution in [2.45, 2.75) is 6.42 Å². The number of rotatable bonds is 6. The van der Waals surface area contributed by atoms with Crippen molar-refractivity contribution in [1.29, 1.82) is 0 Å². The van der Waals surface area contributed by atoms with Crippen molar-refractivity contribution >= 4 is 12.0 Å². The Hall–Kier alpha value is -1.34. The highest BCUT2D eigenvalue weighted by Crippen LogP contribution is 2.04. The van der Waals surface area contributed by atoms with Crippen LogP contribution in [0.4, 0.5) is 4.79 Å². The van der Waals surface area contributed by atoms with Crippen LogP contribution in [0.3, 0.4) is 0 Å². The van der Waals surface area contributed by atoms with Gasteiger partial charge in [0, 0.05) is 58.9 Å². The molecule has 2 fully saturated rings. The van der Waals surface area contributed by atoms with Gasteiger partial charge in [0.05, 0.1) is 6.42 Å². The van der Waals surface area contributed by atoms with Crippen LogP contribution in [0.2, 0.25) is 0 Å². The highest BCUT2D eigenvalue weighted by molar-refractivity contribution is 5.76. The molecule has 0 aliphatic carbocycles. The lowest BCUT2D eigenvalue weighted by molar-refractivity contribution is -0.137. The molecule has 19 heavy (non-hydrogen) atoms. The van der Waals surface area contributed by atoms with Gasteiger partial charge in [-0.15, -0.1) is 0 Å². The number of hydrogen-bond acceptors (Lipinski definition) is 4. The second-order valence-corrected chi connectivity index (χ2v) is 5.05. The molecular formula is C12H22N4O3. The summed E-state index contributed by atoms with van der Waals surface area (Å²) in [6.07, 6.45) is 0.216. The number of carboxylic acid groups (broad SMARTS) is 1. The number of urea groups is 1. The minimum Gasteiger partial charge on any atom is -0.481 e. The van der Waals surface area contributed by atoms with Crippen molar-refractivity contribution in [3.63, 3.8) is 0 Å². The van der Waals surface area contributed by atoms with Crippen LogP contribution in [0.5, 0.6) is 0 Å². The number of hydrogen-bond donors (Lipinski definition) is 2. The monoisotopic (exact) mass is 270 g/mol. The van der Waals surface area contributed by atoms with Crippen molar-refractivity contribution in [2.75, 3.05) is 58.9 Å². The predicted molar refractivity (Wildman–Crippen MR) is 70.1 cm³/mol. The third-order valence-electron chi connectivity index (χ3n) is 3.74. The molecule has 0 aromatic rings. The zero-order valence-electron chi connectivity index (χ0n) is 11.2. The minimum atomic E-state index is -0.734. The number of piperazine rings is 1. The van der Waals surface area contributed by atoms with Gasteiger partial charge in [0.15, 0.2) is 0 Å². The summed E-state index contributed by atoms with van der Waals surface area (Å²) in [6, 6.07) is 0.0418. The smallest absolute Gasteiger partial charge is 0.317 e. The number of carboxylic acids is 1. The van der Waals surface area contributed by atoms with E-state index in [1.807, 2.05) is 4.90 Å². The molecule has 2 amide bonds. The fraction of sp³-hybridized carbons (Fsp3) is 0.833. The quantitative estimate of drug-likeness (QED) is 0.654. The Morgan fingerprint density at radius 3 is 2.21 bits per heavy atom. The van der Waals surface area contributed by atoms with Gasteiger partial charge in [-0.05, 0) is 0 Å². The number of nitrogens with zero attached hydrogens (tertiary/aromatic N) is 3. The normalized spacial score (nSPS) is 21.7. The molecule has 2 rings (SSSR count). The van der Waals surface area contributed by atoms with Crippen LogP contribution >= 0.6 is 0 Å². The molecule has 2 heterocycles. The summed E-state index contributed by atoms with van der Waals surface area (Å²) >= 11 is 0. The second-order valence-electron chi connectivity index (χ2n) is 5.05. The van der Waals surface area contributed by atoms with E-state index in [4.69, 9.17) is 5.11 Å². The zero-order valence-corrected chi connectivity index (χ0v) is 11.2. The van der Waals surface area contributed by atoms with E-state index in [0.29, 0.717) is 6.54 Å². The third kappa shape index (κ3) is 4.36. The number of carbonyl (C=O) groups excluding carboxylic acids is 1. The van der Waals surface area contributed by atoms with Gasteiger partial charge in [-0.2, -0.15) is 0 Å². The van der Waals surface area contributed by atoms with Gasteiger partial charge in [-0.1, -0.05) is 0 Å². The molecule has 0 atom stereocenters. The predicted octanol–water partition coefficient (Wildman–Crippen LogP) is -0.896. The number of nitrogens with one attached hydrogen (secondary N) is 1. The molecule has 0 radical (unpaired) electrons. The van der Waals surface area contributed by atoms with E-state index in [-0.39, 0.29) is 12.5 Å². The maximum absolute atomic E-state index is 11.4. The molecule has 2 saturated heterocycles. The number of amides is 2. The Morgan fingerprint density at radius 2 is 1.68 bits per heavy atom. The van der Waals surface area contributed by atoms with Crippen molar-refractivity contribution in [1.82, 2.24) is 20.0 Å². The maximum Gasteiger partial charge on any atom is 0.317 e. The fourth-order valence-electron chi connectivity index (χ4n) is 2.48. The minimum absolute atomic E-state index is 0.0418. The molecule has 0 spiro atoms. The lowest BCUT2D eigenvalue weighted by Crippen LogP contribution is -2.49. The molecule has 0 aromatic carbocycles. The summed E-state index contributed by atoms with van der Waals surface area (Å²) in [7, 11) is 0. The summed E-state index contributed by atoms with van der Waals surface area (Å²) < 4.78 is 0. The van der Waals surface area contributed by atoms with E-state index in [0.717, 1.165) is 52.4 Å². The first kappa shape index (κ1) is 14.1. The largest absolute Gasteiger partial charge is 0.481 e. The van der Waals surface area contributed by atoms with E-state index in [1.165, 1.54) is 0 Å². The molecule has 0 unspecified atom stereocenters. The molecule has 2 aliphatic rings. The van der Waals surface area contributed by atoms with E-state index in [1.54, 1.807) is 0 Å². The summed E-state index contributed by atoms with van der Waals surface area (Å²) in [4.78, 5) is 28.3. The number of carbonyl (C=O) groups is 2. The van der Waals surface area contributed by atoms with Crippen molar-refractivity contribution in [3.8, 4) is 0 Å². The SMILES string of the molecule is O=C(O)CCN1CCN(CCN2CCNC2=O)CC1. The van der Waals surface area contributed by atoms with Gasteiger partial charge in [-0.3, -0.25) is 9.69 Å². The molecule has 108 valence electrons. The molecular weight excluding hydrogens is 248 g/mol. The average Bonchev–Trinajstić information content (AvgIpc) is 2.81. The molecule has 2 N–H and O–H groups in total. The summed E-state index contributed by atoms with van der Waals surface area (Å²) in [5, 5.41) is 11.4. The lowest BCUT2D eigenvalue weighted by atomic mass is 10.3. The highest BCUT2D eigenvalue weighted by atomic mass is 16.4. The summed E-state index contributed by atoms with van der Waals surface area (Å²) in [6.45, 7) is 7.61. The van der Waals surface area contributed by atoms with E-state index >= 15 is 0 Å². The van der Waals surface area contributed by atoms with Gasteiger partial charge >= 0.3 is 12.0 Å². The van der Waals surface area contributed by atoms with Crippen LogP contribution < -0.4 is 5.32 Å². The standard InChI is InChI=1S/C12H22N4O3/c17-11(18)1-3-14-5-7-15(8-6-14)9-10-16-4-2-13-12(16)19/h1-10H2,(H,13,19)(H,17,18). The fourth-order valence-corrected chi connectivity index (χ4v) is 2.48. The summed E-state index contributed by atoms with van der Waals surface area (Å²) in [5.41, 5.74) is 0. The third-order valence-corrected chi connectivity index (χ3v) is 3.74. The van der Waals surface area contributed by atoms with Crippen LogP contribution in [0.15, 0.2) is 0 Å². The van der Waals surface area contributed by atoms with Crippen molar-refractivity contribution in [3.05, 3.63) is 0 Å². The Balaban J connectivity index is 1.60. The van der Waals surface area contributed by atoms with E-state index in [2.05, 4.69) is 15.1 Å². The van der Waals surface area contributed by atoms with Gasteiger partial charge in [0.2, 0.25) is 0 Å². The van der Waals surface area contributed by atoms with Crippen LogP contribution in [0.1, 0.15) is 6.42 Å². The van der Waals surface area contributed by atoms with Crippen LogP contribution in [0.25, 0.3) is 0 Å². The van der Waals surface area contributed by atoms with Crippen molar-refractivity contribution in [2.24, 2.45) is 0 Å². The Bertz CT molecular complexity index is 329. The van der Waals surface area contributed by atoms with E-state index in [9.17, 15) is 9.59 Å². The summed E-state index contributed by atoms with van der Waals surface area (Å²) in [5.74, 6) is -0.734. The van der Waals surface area contributed by atoms with Gasteiger partial charge in [-0.25, -0.2) is 4.79 Å². The molecule has 7 nitrogen and oxygen atoms in total. The van der Waals surface area contributed by atoms with E-state index < -0.39 is 5.97 Å². The van der Waals surface area contributed by atoms with Gasteiger partial charge in [0.1, 0.15) is 0 Å². The zero-order chi connectivity index (χ0) is 13.7. The molecule has 0 aromatic heterocycles. The van der Waals surface area contributed by atoms with Gasteiger partial charge < -0.3 is 20.2 Å². The lowest BCUT2D eigenvalue weighted by Gasteiger charge is -2.35. The van der Waals surface area contributed by atoms with Crippen LogP contribution in [0, 0.1) is 0 Å². The van der Waals surface area contributed by atoms with Crippen molar-refractivity contribution < 1.29 is 14.7 Å². The van der Waals surface area contributed by atoms with Crippen LogP contribution in [-0.2, 0) is 4.79 Å². The molecule has 0 bridgehead atoms. The van der Waals surface area contributed by atoms with Gasteiger partial charge in [0.25, 0.3) is 0 Å².